The Morgan fingerprint density at radius 2 is 1.88 bits per heavy atom. The predicted molar refractivity (Wildman–Crippen MR) is 101 cm³/mol. The van der Waals surface area contributed by atoms with Crippen molar-refractivity contribution in [2.45, 2.75) is 13.3 Å². The Kier molecular flexibility index (Phi) is 5.22. The zero-order chi connectivity index (χ0) is 18.5. The van der Waals surface area contributed by atoms with E-state index in [0.29, 0.717) is 22.7 Å². The molecule has 6 heteroatoms. The topological polar surface area (TPSA) is 80.4 Å². The third kappa shape index (κ3) is 3.85. The number of methoxy groups -OCH3 is 1. The monoisotopic (exact) mass is 352 g/mol. The van der Waals surface area contributed by atoms with Crippen molar-refractivity contribution in [2.75, 3.05) is 19.0 Å². The second-order valence-corrected chi connectivity index (χ2v) is 5.76. The maximum Gasteiger partial charge on any atom is 0.262 e. The van der Waals surface area contributed by atoms with Crippen molar-refractivity contribution < 1.29 is 14.3 Å². The number of aromatic nitrogens is 1. The Morgan fingerprint density at radius 1 is 1.12 bits per heavy atom. The minimum atomic E-state index is -0.302. The van der Waals surface area contributed by atoms with Crippen molar-refractivity contribution in [3.63, 3.8) is 0 Å². The zero-order valence-corrected chi connectivity index (χ0v) is 14.7. The van der Waals surface area contributed by atoms with Crippen LogP contribution in [0.25, 0.3) is 10.9 Å². The molecule has 3 rings (SSSR count). The average Bonchev–Trinajstić information content (AvgIpc) is 2.65. The molecule has 0 radical (unpaired) electrons. The first-order valence-corrected chi connectivity index (χ1v) is 8.32. The second kappa shape index (κ2) is 7.74. The molecule has 0 aliphatic carbocycles. The van der Waals surface area contributed by atoms with Gasteiger partial charge in [-0.05, 0) is 36.2 Å². The number of nitrogens with one attached hydrogen (secondary N) is 2. The van der Waals surface area contributed by atoms with Crippen LogP contribution in [-0.4, -0.2) is 24.6 Å². The fourth-order valence-corrected chi connectivity index (χ4v) is 2.78. The summed E-state index contributed by atoms with van der Waals surface area (Å²) >= 11 is 0. The van der Waals surface area contributed by atoms with Gasteiger partial charge in [-0.25, -0.2) is 0 Å². The lowest BCUT2D eigenvalue weighted by Gasteiger charge is -2.11. The lowest BCUT2D eigenvalue weighted by atomic mass is 10.1. The molecule has 0 aliphatic heterocycles. The number of amides is 1. The predicted octanol–water partition coefficient (Wildman–Crippen LogP) is 3.12. The molecule has 0 fully saturated rings. The number of aryl methyl sites for hydroxylation is 1. The smallest absolute Gasteiger partial charge is 0.262 e. The number of benzene rings is 2. The van der Waals surface area contributed by atoms with Crippen molar-refractivity contribution in [1.82, 2.24) is 4.98 Å². The summed E-state index contributed by atoms with van der Waals surface area (Å²) in [5, 5.41) is 3.74. The number of carbonyl (C=O) groups is 1. The van der Waals surface area contributed by atoms with E-state index in [9.17, 15) is 9.59 Å². The molecule has 134 valence electrons. The average molecular weight is 352 g/mol. The van der Waals surface area contributed by atoms with E-state index < -0.39 is 0 Å². The van der Waals surface area contributed by atoms with E-state index in [2.05, 4.69) is 10.3 Å². The van der Waals surface area contributed by atoms with Gasteiger partial charge >= 0.3 is 0 Å². The van der Waals surface area contributed by atoms with Crippen LogP contribution in [0.2, 0.25) is 0 Å². The van der Waals surface area contributed by atoms with E-state index in [-0.39, 0.29) is 18.1 Å². The van der Waals surface area contributed by atoms with Gasteiger partial charge in [0.05, 0.1) is 12.6 Å². The number of para-hydroxylation sites is 2. The summed E-state index contributed by atoms with van der Waals surface area (Å²) in [5.41, 5.74) is 2.10. The van der Waals surface area contributed by atoms with E-state index in [0.717, 1.165) is 17.4 Å². The van der Waals surface area contributed by atoms with Gasteiger partial charge in [0, 0.05) is 17.1 Å². The molecule has 2 aromatic carbocycles. The maximum atomic E-state index is 12.2. The van der Waals surface area contributed by atoms with Gasteiger partial charge in [0.15, 0.2) is 18.1 Å². The van der Waals surface area contributed by atoms with Gasteiger partial charge in [-0.1, -0.05) is 25.1 Å². The Hall–Kier alpha value is -3.28. The summed E-state index contributed by atoms with van der Waals surface area (Å²) < 4.78 is 10.7. The number of rotatable bonds is 6. The highest BCUT2D eigenvalue weighted by molar-refractivity contribution is 5.94. The van der Waals surface area contributed by atoms with Crippen LogP contribution in [0, 0.1) is 0 Å². The Bertz CT molecular complexity index is 995. The number of hydrogen-bond donors (Lipinski definition) is 2. The molecule has 1 amide bonds. The molecular formula is C20H20N2O4. The SMILES string of the molecule is CCc1cc(=O)[nH]c2cc(NC(=O)COc3ccccc3OC)ccc12. The molecular weight excluding hydrogens is 332 g/mol. The molecule has 1 aromatic heterocycles. The first-order chi connectivity index (χ1) is 12.6. The summed E-state index contributed by atoms with van der Waals surface area (Å²) in [7, 11) is 1.54. The van der Waals surface area contributed by atoms with E-state index in [1.165, 1.54) is 0 Å². The van der Waals surface area contributed by atoms with Crippen LogP contribution < -0.4 is 20.3 Å². The number of carbonyl (C=O) groups excluding carboxylic acids is 1. The van der Waals surface area contributed by atoms with Crippen LogP contribution >= 0.6 is 0 Å². The number of hydrogen-bond acceptors (Lipinski definition) is 4. The highest BCUT2D eigenvalue weighted by atomic mass is 16.5. The van der Waals surface area contributed by atoms with Gasteiger partial charge in [-0.3, -0.25) is 9.59 Å². The van der Waals surface area contributed by atoms with E-state index >= 15 is 0 Å². The van der Waals surface area contributed by atoms with Crippen molar-refractivity contribution in [1.29, 1.82) is 0 Å². The highest BCUT2D eigenvalue weighted by Gasteiger charge is 2.09. The fraction of sp³-hybridized carbons (Fsp3) is 0.200. The van der Waals surface area contributed by atoms with E-state index in [1.807, 2.05) is 19.1 Å². The Balaban J connectivity index is 1.72. The molecule has 0 spiro atoms. The van der Waals surface area contributed by atoms with Gasteiger partial charge in [0.1, 0.15) is 0 Å². The molecule has 0 unspecified atom stereocenters. The van der Waals surface area contributed by atoms with E-state index in [4.69, 9.17) is 9.47 Å². The number of anilines is 1. The molecule has 1 heterocycles. The Morgan fingerprint density at radius 3 is 2.62 bits per heavy atom. The molecule has 0 bridgehead atoms. The maximum absolute atomic E-state index is 12.2. The minimum Gasteiger partial charge on any atom is -0.493 e. The van der Waals surface area contributed by atoms with Gasteiger partial charge in [0.25, 0.3) is 5.91 Å². The fourth-order valence-electron chi connectivity index (χ4n) is 2.78. The first-order valence-electron chi connectivity index (χ1n) is 8.32. The summed E-state index contributed by atoms with van der Waals surface area (Å²) in [6.07, 6.45) is 0.763. The van der Waals surface area contributed by atoms with Gasteiger partial charge < -0.3 is 19.8 Å². The third-order valence-corrected chi connectivity index (χ3v) is 4.02. The van der Waals surface area contributed by atoms with Gasteiger partial charge in [0.2, 0.25) is 5.56 Å². The summed E-state index contributed by atoms with van der Waals surface area (Å²) in [6.45, 7) is 1.85. The lowest BCUT2D eigenvalue weighted by molar-refractivity contribution is -0.118. The molecule has 3 aromatic rings. The van der Waals surface area contributed by atoms with Crippen LogP contribution in [0.4, 0.5) is 5.69 Å². The number of ether oxygens (including phenoxy) is 2. The van der Waals surface area contributed by atoms with Gasteiger partial charge in [-0.2, -0.15) is 0 Å². The van der Waals surface area contributed by atoms with Gasteiger partial charge in [-0.15, -0.1) is 0 Å². The number of H-pyrrole nitrogens is 1. The molecule has 0 atom stereocenters. The quantitative estimate of drug-likeness (QED) is 0.714. The Labute approximate surface area is 150 Å². The van der Waals surface area contributed by atoms with Crippen molar-refractivity contribution in [3.05, 3.63) is 64.4 Å². The largest absolute Gasteiger partial charge is 0.493 e. The molecule has 2 N–H and O–H groups in total. The summed E-state index contributed by atoms with van der Waals surface area (Å²) in [4.78, 5) is 26.7. The molecule has 0 saturated heterocycles. The lowest BCUT2D eigenvalue weighted by Crippen LogP contribution is -2.20. The van der Waals surface area contributed by atoms with Crippen molar-refractivity contribution >= 4 is 22.5 Å². The molecule has 0 saturated carbocycles. The third-order valence-electron chi connectivity index (χ3n) is 4.02. The van der Waals surface area contributed by atoms with Crippen LogP contribution in [0.5, 0.6) is 11.5 Å². The second-order valence-electron chi connectivity index (χ2n) is 5.76. The first kappa shape index (κ1) is 17.5. The standard InChI is InChI=1S/C20H20N2O4/c1-3-13-10-19(23)22-16-11-14(8-9-15(13)16)21-20(24)12-26-18-7-5-4-6-17(18)25-2/h4-11H,3,12H2,1-2H3,(H,21,24)(H,22,23). The number of aromatic amines is 1. The van der Waals surface area contributed by atoms with Crippen LogP contribution in [0.15, 0.2) is 53.3 Å². The summed E-state index contributed by atoms with van der Waals surface area (Å²) in [6, 6.07) is 14.2. The molecule has 26 heavy (non-hydrogen) atoms. The highest BCUT2D eigenvalue weighted by Crippen LogP contribution is 2.25. The van der Waals surface area contributed by atoms with Crippen LogP contribution in [0.3, 0.4) is 0 Å². The van der Waals surface area contributed by atoms with E-state index in [1.54, 1.807) is 43.5 Å². The zero-order valence-electron chi connectivity index (χ0n) is 14.7. The minimum absolute atomic E-state index is 0.149. The summed E-state index contributed by atoms with van der Waals surface area (Å²) in [5.74, 6) is 0.764. The molecule has 0 aliphatic rings. The van der Waals surface area contributed by atoms with Crippen molar-refractivity contribution in [3.8, 4) is 11.5 Å². The van der Waals surface area contributed by atoms with Crippen molar-refractivity contribution in [2.24, 2.45) is 0 Å². The van der Waals surface area contributed by atoms with Crippen LogP contribution in [-0.2, 0) is 11.2 Å². The normalized spacial score (nSPS) is 10.5. The molecule has 6 nitrogen and oxygen atoms in total. The number of pyridine rings is 1. The number of fused-ring (bicyclic) bond motifs is 1. The van der Waals surface area contributed by atoms with Crippen LogP contribution in [0.1, 0.15) is 12.5 Å².